The van der Waals surface area contributed by atoms with Crippen molar-refractivity contribution in [3.8, 4) is 0 Å². The maximum atomic E-state index is 12.7. The first-order chi connectivity index (χ1) is 11.7. The molecule has 122 valence electrons. The van der Waals surface area contributed by atoms with Crippen LogP contribution in [0.4, 0.5) is 0 Å². The zero-order chi connectivity index (χ0) is 16.9. The molecule has 1 N–H and O–H groups in total. The lowest BCUT2D eigenvalue weighted by molar-refractivity contribution is 0.0676. The second-order valence-corrected chi connectivity index (χ2v) is 5.41. The Balaban J connectivity index is 1.94. The number of fused-ring (bicyclic) bond motifs is 1. The van der Waals surface area contributed by atoms with Crippen molar-refractivity contribution in [2.45, 2.75) is 6.54 Å². The van der Waals surface area contributed by atoms with Crippen LogP contribution < -0.4 is 5.43 Å². The number of benzene rings is 2. The van der Waals surface area contributed by atoms with E-state index < -0.39 is 5.91 Å². The molecule has 24 heavy (non-hydrogen) atoms. The number of rotatable bonds is 5. The van der Waals surface area contributed by atoms with E-state index in [-0.39, 0.29) is 24.3 Å². The first kappa shape index (κ1) is 16.0. The molecule has 0 spiro atoms. The second kappa shape index (κ2) is 7.10. The van der Waals surface area contributed by atoms with Gasteiger partial charge in [-0.25, -0.2) is 0 Å². The molecule has 0 atom stereocenters. The molecule has 1 aromatic heterocycles. The quantitative estimate of drug-likeness (QED) is 0.783. The Labute approximate surface area is 138 Å². The van der Waals surface area contributed by atoms with E-state index in [4.69, 9.17) is 4.42 Å². The molecule has 3 rings (SSSR count). The number of para-hydroxylation sites is 1. The summed E-state index contributed by atoms with van der Waals surface area (Å²) >= 11 is 0. The molecule has 0 saturated carbocycles. The SMILES string of the molecule is O=C(c1cc(=O)c2ccccc2o1)N(CCO)Cc1ccccc1. The zero-order valence-corrected chi connectivity index (χ0v) is 13.0. The molecular weight excluding hydrogens is 306 g/mol. The third kappa shape index (κ3) is 3.36. The van der Waals surface area contributed by atoms with Crippen LogP contribution in [0, 0.1) is 0 Å². The standard InChI is InChI=1S/C19H17NO4/c21-11-10-20(13-14-6-2-1-3-7-14)19(23)18-12-16(22)15-8-4-5-9-17(15)24-18/h1-9,12,21H,10-11,13H2. The van der Waals surface area contributed by atoms with E-state index in [1.807, 2.05) is 30.3 Å². The number of carbonyl (C=O) groups excluding carboxylic acids is 1. The normalized spacial score (nSPS) is 10.7. The van der Waals surface area contributed by atoms with Crippen molar-refractivity contribution >= 4 is 16.9 Å². The molecule has 0 fully saturated rings. The van der Waals surface area contributed by atoms with Gasteiger partial charge in [0.2, 0.25) is 0 Å². The predicted octanol–water partition coefficient (Wildman–Crippen LogP) is 2.43. The molecule has 5 heteroatoms. The Morgan fingerprint density at radius 1 is 1.04 bits per heavy atom. The Kier molecular flexibility index (Phi) is 4.72. The molecule has 0 unspecified atom stereocenters. The third-order valence-electron chi connectivity index (χ3n) is 3.72. The highest BCUT2D eigenvalue weighted by Crippen LogP contribution is 2.14. The fourth-order valence-corrected chi connectivity index (χ4v) is 2.54. The van der Waals surface area contributed by atoms with E-state index >= 15 is 0 Å². The number of carbonyl (C=O) groups is 1. The van der Waals surface area contributed by atoms with Crippen molar-refractivity contribution in [2.24, 2.45) is 0 Å². The lowest BCUT2D eigenvalue weighted by Crippen LogP contribution is -2.33. The molecule has 0 aliphatic rings. The molecule has 1 heterocycles. The summed E-state index contributed by atoms with van der Waals surface area (Å²) in [7, 11) is 0. The number of aliphatic hydroxyl groups is 1. The summed E-state index contributed by atoms with van der Waals surface area (Å²) in [5.74, 6) is -0.446. The van der Waals surface area contributed by atoms with Crippen LogP contribution in [0.2, 0.25) is 0 Å². The van der Waals surface area contributed by atoms with Crippen molar-refractivity contribution in [3.05, 3.63) is 82.2 Å². The molecule has 1 amide bonds. The zero-order valence-electron chi connectivity index (χ0n) is 13.0. The van der Waals surface area contributed by atoms with Gasteiger partial charge in [-0.1, -0.05) is 42.5 Å². The number of hydrogen-bond acceptors (Lipinski definition) is 4. The van der Waals surface area contributed by atoms with Gasteiger partial charge in [0.1, 0.15) is 5.58 Å². The molecule has 0 saturated heterocycles. The fraction of sp³-hybridized carbons (Fsp3) is 0.158. The van der Waals surface area contributed by atoms with Gasteiger partial charge in [-0.2, -0.15) is 0 Å². The van der Waals surface area contributed by atoms with Gasteiger partial charge < -0.3 is 14.4 Å². The van der Waals surface area contributed by atoms with Gasteiger partial charge >= 0.3 is 0 Å². The summed E-state index contributed by atoms with van der Waals surface area (Å²) in [6.07, 6.45) is 0. The van der Waals surface area contributed by atoms with Gasteiger partial charge in [-0.15, -0.1) is 0 Å². The van der Waals surface area contributed by atoms with Gasteiger partial charge in [0, 0.05) is 19.2 Å². The van der Waals surface area contributed by atoms with E-state index in [0.29, 0.717) is 17.5 Å². The molecular formula is C19H17NO4. The van der Waals surface area contributed by atoms with Crippen molar-refractivity contribution in [1.82, 2.24) is 4.90 Å². The summed E-state index contributed by atoms with van der Waals surface area (Å²) in [4.78, 5) is 26.3. The van der Waals surface area contributed by atoms with E-state index in [2.05, 4.69) is 0 Å². The molecule has 5 nitrogen and oxygen atoms in total. The Hall–Kier alpha value is -2.92. The Morgan fingerprint density at radius 3 is 2.50 bits per heavy atom. The monoisotopic (exact) mass is 323 g/mol. The van der Waals surface area contributed by atoms with Crippen LogP contribution in [0.5, 0.6) is 0 Å². The summed E-state index contributed by atoms with van der Waals surface area (Å²) < 4.78 is 5.60. The van der Waals surface area contributed by atoms with Gasteiger partial charge in [0.25, 0.3) is 5.91 Å². The van der Waals surface area contributed by atoms with Crippen LogP contribution in [0.1, 0.15) is 16.1 Å². The fourth-order valence-electron chi connectivity index (χ4n) is 2.54. The Bertz CT molecular complexity index is 902. The molecule has 0 bridgehead atoms. The van der Waals surface area contributed by atoms with Crippen LogP contribution in [-0.2, 0) is 6.54 Å². The highest BCUT2D eigenvalue weighted by Gasteiger charge is 2.19. The number of nitrogens with zero attached hydrogens (tertiary/aromatic N) is 1. The number of amides is 1. The van der Waals surface area contributed by atoms with Crippen LogP contribution in [0.3, 0.4) is 0 Å². The molecule has 0 radical (unpaired) electrons. The van der Waals surface area contributed by atoms with Crippen LogP contribution in [-0.4, -0.2) is 29.1 Å². The second-order valence-electron chi connectivity index (χ2n) is 5.41. The average Bonchev–Trinajstić information content (AvgIpc) is 2.61. The summed E-state index contributed by atoms with van der Waals surface area (Å²) in [6.45, 7) is 0.317. The molecule has 3 aromatic rings. The summed E-state index contributed by atoms with van der Waals surface area (Å²) in [5, 5.41) is 9.69. The predicted molar refractivity (Wildman–Crippen MR) is 90.8 cm³/mol. The highest BCUT2D eigenvalue weighted by atomic mass is 16.3. The van der Waals surface area contributed by atoms with Gasteiger partial charge in [0.05, 0.1) is 12.0 Å². The smallest absolute Gasteiger partial charge is 0.290 e. The lowest BCUT2D eigenvalue weighted by Gasteiger charge is -2.21. The van der Waals surface area contributed by atoms with Crippen LogP contribution >= 0.6 is 0 Å². The van der Waals surface area contributed by atoms with E-state index in [9.17, 15) is 14.7 Å². The molecule has 0 aliphatic carbocycles. The minimum absolute atomic E-state index is 0.0249. The van der Waals surface area contributed by atoms with Crippen molar-refractivity contribution < 1.29 is 14.3 Å². The first-order valence-corrected chi connectivity index (χ1v) is 7.66. The summed E-state index contributed by atoms with van der Waals surface area (Å²) in [6, 6.07) is 17.5. The number of aliphatic hydroxyl groups excluding tert-OH is 1. The summed E-state index contributed by atoms with van der Waals surface area (Å²) in [5.41, 5.74) is 1.04. The minimum Gasteiger partial charge on any atom is -0.451 e. The average molecular weight is 323 g/mol. The van der Waals surface area contributed by atoms with Gasteiger partial charge in [0.15, 0.2) is 11.2 Å². The maximum Gasteiger partial charge on any atom is 0.290 e. The molecule has 0 aliphatic heterocycles. The largest absolute Gasteiger partial charge is 0.451 e. The molecule has 2 aromatic carbocycles. The topological polar surface area (TPSA) is 70.8 Å². The van der Waals surface area contributed by atoms with Crippen molar-refractivity contribution in [2.75, 3.05) is 13.2 Å². The Morgan fingerprint density at radius 2 is 1.75 bits per heavy atom. The highest BCUT2D eigenvalue weighted by molar-refractivity contribution is 5.93. The van der Waals surface area contributed by atoms with E-state index in [1.54, 1.807) is 24.3 Å². The van der Waals surface area contributed by atoms with Crippen molar-refractivity contribution in [1.29, 1.82) is 0 Å². The van der Waals surface area contributed by atoms with Crippen molar-refractivity contribution in [3.63, 3.8) is 0 Å². The number of hydrogen-bond donors (Lipinski definition) is 1. The van der Waals surface area contributed by atoms with Gasteiger partial charge in [-0.05, 0) is 17.7 Å². The van der Waals surface area contributed by atoms with E-state index in [0.717, 1.165) is 5.56 Å². The van der Waals surface area contributed by atoms with Gasteiger partial charge in [-0.3, -0.25) is 9.59 Å². The lowest BCUT2D eigenvalue weighted by atomic mass is 10.2. The van der Waals surface area contributed by atoms with Crippen LogP contribution in [0.25, 0.3) is 11.0 Å². The third-order valence-corrected chi connectivity index (χ3v) is 3.72. The van der Waals surface area contributed by atoms with E-state index in [1.165, 1.54) is 11.0 Å². The minimum atomic E-state index is -0.421. The first-order valence-electron chi connectivity index (χ1n) is 7.66. The van der Waals surface area contributed by atoms with Crippen LogP contribution in [0.15, 0.2) is 69.9 Å². The maximum absolute atomic E-state index is 12.7.